The maximum Gasteiger partial charge on any atom is 0.433 e. The molecular weight excluding hydrogens is 502 g/mol. The van der Waals surface area contributed by atoms with Crippen LogP contribution in [0.25, 0.3) is 11.0 Å². The molecule has 35 heavy (non-hydrogen) atoms. The Labute approximate surface area is 211 Å². The number of pyridine rings is 1. The third kappa shape index (κ3) is 5.15. The number of amides is 1. The summed E-state index contributed by atoms with van der Waals surface area (Å²) in [6, 6.07) is 6.06. The van der Waals surface area contributed by atoms with E-state index in [1.165, 1.54) is 0 Å². The lowest BCUT2D eigenvalue weighted by atomic mass is 9.93. The van der Waals surface area contributed by atoms with Crippen molar-refractivity contribution in [2.75, 3.05) is 19.7 Å². The van der Waals surface area contributed by atoms with Gasteiger partial charge in [0, 0.05) is 49.3 Å². The molecule has 1 amide bonds. The predicted octanol–water partition coefficient (Wildman–Crippen LogP) is 6.03. The van der Waals surface area contributed by atoms with Crippen molar-refractivity contribution in [3.8, 4) is 0 Å². The zero-order valence-electron chi connectivity index (χ0n) is 19.4. The number of fused-ring (bicyclic) bond motifs is 1. The third-order valence-corrected chi connectivity index (χ3v) is 7.59. The van der Waals surface area contributed by atoms with Crippen LogP contribution in [0.3, 0.4) is 0 Å². The first-order chi connectivity index (χ1) is 16.5. The number of likely N-dealkylation sites (tertiary alicyclic amines) is 1. The van der Waals surface area contributed by atoms with Crippen molar-refractivity contribution in [2.45, 2.75) is 38.8 Å². The number of rotatable bonds is 5. The van der Waals surface area contributed by atoms with Crippen molar-refractivity contribution in [1.29, 1.82) is 0 Å². The SMILES string of the molecule is Cc1cc(C(F)(F)F)nc2c1cc(Cc1c(Cl)ccc(C(=O)N3CCC(CCO)CC3)c1Cl)n2C. The molecule has 0 aliphatic carbocycles. The highest BCUT2D eigenvalue weighted by Crippen LogP contribution is 2.35. The smallest absolute Gasteiger partial charge is 0.396 e. The number of hydrogen-bond acceptors (Lipinski definition) is 3. The third-order valence-electron chi connectivity index (χ3n) is 6.81. The van der Waals surface area contributed by atoms with Gasteiger partial charge in [0.25, 0.3) is 5.91 Å². The maximum atomic E-state index is 13.3. The minimum Gasteiger partial charge on any atom is -0.396 e. The number of aromatic nitrogens is 2. The number of alkyl halides is 3. The van der Waals surface area contributed by atoms with Crippen molar-refractivity contribution < 1.29 is 23.1 Å². The van der Waals surface area contributed by atoms with Crippen LogP contribution in [0, 0.1) is 12.8 Å². The molecule has 0 radical (unpaired) electrons. The number of aryl methyl sites for hydroxylation is 2. The topological polar surface area (TPSA) is 58.4 Å². The Balaban J connectivity index is 1.64. The van der Waals surface area contributed by atoms with Gasteiger partial charge in [0.15, 0.2) is 0 Å². The number of hydrogen-bond donors (Lipinski definition) is 1. The first kappa shape index (κ1) is 25.8. The van der Waals surface area contributed by atoms with Gasteiger partial charge in [-0.2, -0.15) is 13.2 Å². The summed E-state index contributed by atoms with van der Waals surface area (Å²) in [6.45, 7) is 2.94. The van der Waals surface area contributed by atoms with Crippen LogP contribution in [-0.4, -0.2) is 45.2 Å². The standard InChI is InChI=1S/C25H26Cl2F3N3O2/c1-14-11-21(25(28,29)30)31-23-18(14)12-16(32(23)2)13-19-20(26)4-3-17(22(19)27)24(35)33-8-5-15(6-9-33)7-10-34/h3-4,11-12,15,34H,5-10,13H2,1-2H3. The summed E-state index contributed by atoms with van der Waals surface area (Å²) in [7, 11) is 1.65. The summed E-state index contributed by atoms with van der Waals surface area (Å²) < 4.78 is 41.4. The molecule has 3 heterocycles. The summed E-state index contributed by atoms with van der Waals surface area (Å²) in [5.74, 6) is 0.224. The summed E-state index contributed by atoms with van der Waals surface area (Å²) in [5.41, 5.74) is 1.30. The van der Waals surface area contributed by atoms with Crippen LogP contribution in [0.2, 0.25) is 10.0 Å². The number of nitrogens with zero attached hydrogens (tertiary/aromatic N) is 3. The molecule has 5 nitrogen and oxygen atoms in total. The van der Waals surface area contributed by atoms with E-state index in [0.29, 0.717) is 51.8 Å². The Kier molecular flexibility index (Phi) is 7.36. The molecule has 188 valence electrons. The van der Waals surface area contributed by atoms with E-state index >= 15 is 0 Å². The highest BCUT2D eigenvalue weighted by atomic mass is 35.5. The molecule has 0 saturated carbocycles. The van der Waals surface area contributed by atoms with Gasteiger partial charge in [-0.15, -0.1) is 0 Å². The van der Waals surface area contributed by atoms with E-state index in [4.69, 9.17) is 28.3 Å². The van der Waals surface area contributed by atoms with Crippen molar-refractivity contribution in [3.05, 3.63) is 62.4 Å². The summed E-state index contributed by atoms with van der Waals surface area (Å²) in [4.78, 5) is 18.8. The molecule has 4 rings (SSSR count). The van der Waals surface area contributed by atoms with E-state index in [1.54, 1.807) is 41.6 Å². The van der Waals surface area contributed by atoms with Crippen molar-refractivity contribution in [2.24, 2.45) is 13.0 Å². The van der Waals surface area contributed by atoms with E-state index in [2.05, 4.69) is 4.98 Å². The lowest BCUT2D eigenvalue weighted by Crippen LogP contribution is -2.38. The number of piperidine rings is 1. The van der Waals surface area contributed by atoms with Crippen LogP contribution in [-0.2, 0) is 19.6 Å². The Morgan fingerprint density at radius 2 is 1.89 bits per heavy atom. The molecule has 1 saturated heterocycles. The van der Waals surface area contributed by atoms with E-state index in [1.807, 2.05) is 0 Å². The van der Waals surface area contributed by atoms with Crippen LogP contribution in [0.4, 0.5) is 13.2 Å². The fourth-order valence-corrected chi connectivity index (χ4v) is 5.28. The quantitative estimate of drug-likeness (QED) is 0.440. The lowest BCUT2D eigenvalue weighted by Gasteiger charge is -2.32. The molecule has 10 heteroatoms. The number of halogens is 5. The zero-order chi connectivity index (χ0) is 25.5. The predicted molar refractivity (Wildman–Crippen MR) is 130 cm³/mol. The average Bonchev–Trinajstić information content (AvgIpc) is 3.12. The van der Waals surface area contributed by atoms with E-state index in [9.17, 15) is 18.0 Å². The van der Waals surface area contributed by atoms with Gasteiger partial charge in [0.05, 0.1) is 10.6 Å². The maximum absolute atomic E-state index is 13.3. The second-order valence-corrected chi connectivity index (χ2v) is 9.85. The Bertz CT molecular complexity index is 1270. The molecule has 0 unspecified atom stereocenters. The average molecular weight is 528 g/mol. The Morgan fingerprint density at radius 3 is 2.51 bits per heavy atom. The van der Waals surface area contributed by atoms with Crippen LogP contribution in [0.5, 0.6) is 0 Å². The molecule has 2 aromatic heterocycles. The van der Waals surface area contributed by atoms with Gasteiger partial charge in [-0.25, -0.2) is 4.98 Å². The van der Waals surface area contributed by atoms with Gasteiger partial charge >= 0.3 is 6.18 Å². The molecule has 1 aliphatic heterocycles. The number of aliphatic hydroxyl groups excluding tert-OH is 1. The number of aliphatic hydroxyl groups is 1. The molecule has 3 aromatic rings. The van der Waals surface area contributed by atoms with Gasteiger partial charge in [0.2, 0.25) is 0 Å². The van der Waals surface area contributed by atoms with Crippen LogP contribution in [0.15, 0.2) is 24.3 Å². The number of carbonyl (C=O) groups is 1. The summed E-state index contributed by atoms with van der Waals surface area (Å²) in [5, 5.41) is 10.4. The van der Waals surface area contributed by atoms with Gasteiger partial charge in [-0.1, -0.05) is 23.2 Å². The molecule has 1 N–H and O–H groups in total. The fraction of sp³-hybridized carbons (Fsp3) is 0.440. The van der Waals surface area contributed by atoms with Crippen molar-refractivity contribution in [1.82, 2.24) is 14.5 Å². The summed E-state index contributed by atoms with van der Waals surface area (Å²) >= 11 is 13.1. The molecule has 1 fully saturated rings. The minimum absolute atomic E-state index is 0.145. The zero-order valence-corrected chi connectivity index (χ0v) is 20.9. The summed E-state index contributed by atoms with van der Waals surface area (Å²) in [6.07, 6.45) is -1.93. The first-order valence-electron chi connectivity index (χ1n) is 11.4. The van der Waals surface area contributed by atoms with Crippen LogP contribution >= 0.6 is 23.2 Å². The number of benzene rings is 1. The first-order valence-corrected chi connectivity index (χ1v) is 12.2. The monoisotopic (exact) mass is 527 g/mol. The second kappa shape index (κ2) is 9.99. The second-order valence-electron chi connectivity index (χ2n) is 9.07. The normalized spacial score (nSPS) is 15.3. The van der Waals surface area contributed by atoms with Crippen LogP contribution < -0.4 is 0 Å². The highest BCUT2D eigenvalue weighted by molar-refractivity contribution is 6.38. The van der Waals surface area contributed by atoms with E-state index in [-0.39, 0.29) is 29.6 Å². The highest BCUT2D eigenvalue weighted by Gasteiger charge is 2.33. The van der Waals surface area contributed by atoms with Crippen molar-refractivity contribution in [3.63, 3.8) is 0 Å². The largest absolute Gasteiger partial charge is 0.433 e. The molecule has 0 atom stereocenters. The van der Waals surface area contributed by atoms with E-state index < -0.39 is 11.9 Å². The van der Waals surface area contributed by atoms with Crippen molar-refractivity contribution >= 4 is 40.1 Å². The minimum atomic E-state index is -4.54. The van der Waals surface area contributed by atoms with Gasteiger partial charge in [-0.05, 0) is 67.5 Å². The molecule has 0 bridgehead atoms. The lowest BCUT2D eigenvalue weighted by molar-refractivity contribution is -0.141. The van der Waals surface area contributed by atoms with E-state index in [0.717, 1.165) is 25.3 Å². The van der Waals surface area contributed by atoms with Gasteiger partial charge in [0.1, 0.15) is 11.3 Å². The molecular formula is C25H26Cl2F3N3O2. The molecule has 0 spiro atoms. The fourth-order valence-electron chi connectivity index (χ4n) is 4.70. The van der Waals surface area contributed by atoms with Gasteiger partial charge < -0.3 is 14.6 Å². The Morgan fingerprint density at radius 1 is 1.20 bits per heavy atom. The van der Waals surface area contributed by atoms with Crippen LogP contribution in [0.1, 0.15) is 52.1 Å². The molecule has 1 aliphatic rings. The molecule has 1 aromatic carbocycles. The Hall–Kier alpha value is -2.29. The van der Waals surface area contributed by atoms with Gasteiger partial charge in [-0.3, -0.25) is 4.79 Å². The number of carbonyl (C=O) groups excluding carboxylic acids is 1.